The van der Waals surface area contributed by atoms with Crippen molar-refractivity contribution in [3.8, 4) is 28.4 Å². The zero-order valence-corrected chi connectivity index (χ0v) is 20.4. The Balaban J connectivity index is 1.69. The minimum Gasteiger partial charge on any atom is -0.452 e. The van der Waals surface area contributed by atoms with Crippen LogP contribution in [0.2, 0.25) is 0 Å². The summed E-state index contributed by atoms with van der Waals surface area (Å²) in [4.78, 5) is 33.0. The van der Waals surface area contributed by atoms with Gasteiger partial charge in [-0.05, 0) is 36.6 Å². The van der Waals surface area contributed by atoms with E-state index in [1.807, 2.05) is 60.0 Å². The molecule has 10 heteroatoms. The van der Waals surface area contributed by atoms with Crippen molar-refractivity contribution in [3.63, 3.8) is 0 Å². The average molecular weight is 499 g/mol. The van der Waals surface area contributed by atoms with Crippen molar-refractivity contribution in [2.24, 2.45) is 0 Å². The number of esters is 1. The molecule has 36 heavy (non-hydrogen) atoms. The van der Waals surface area contributed by atoms with E-state index in [4.69, 9.17) is 20.2 Å². The Morgan fingerprint density at radius 3 is 2.44 bits per heavy atom. The van der Waals surface area contributed by atoms with Crippen LogP contribution in [0.3, 0.4) is 0 Å². The van der Waals surface area contributed by atoms with Gasteiger partial charge < -0.3 is 9.64 Å². The summed E-state index contributed by atoms with van der Waals surface area (Å²) < 4.78 is 7.11. The van der Waals surface area contributed by atoms with Gasteiger partial charge in [0.25, 0.3) is 5.91 Å². The van der Waals surface area contributed by atoms with Crippen LogP contribution < -0.4 is 0 Å². The van der Waals surface area contributed by atoms with Gasteiger partial charge in [-0.3, -0.25) is 4.79 Å². The highest BCUT2D eigenvalue weighted by molar-refractivity contribution is 7.13. The number of rotatable bonds is 9. The number of pyridine rings is 1. The monoisotopic (exact) mass is 498 g/mol. The van der Waals surface area contributed by atoms with E-state index in [1.165, 1.54) is 16.2 Å². The number of hydrogen-bond donors (Lipinski definition) is 0. The van der Waals surface area contributed by atoms with Gasteiger partial charge in [-0.1, -0.05) is 24.3 Å². The standard InChI is InChI=1S/C26H22N6O3S/c1-18-24-20(26(34)35-17-23(33)31(13-6-11-27)14-7-12-28)16-21(22-10-5-15-36-22)29-25(24)32(30-18)19-8-3-2-4-9-19/h2-5,8-10,15-16H,6-7,13-14,17H2,1H3. The lowest BCUT2D eigenvalue weighted by Crippen LogP contribution is -2.36. The second-order valence-corrected chi connectivity index (χ2v) is 8.78. The van der Waals surface area contributed by atoms with Crippen LogP contribution in [0.4, 0.5) is 0 Å². The highest BCUT2D eigenvalue weighted by atomic mass is 32.1. The Hall–Kier alpha value is -4.54. The zero-order chi connectivity index (χ0) is 25.5. The van der Waals surface area contributed by atoms with E-state index in [2.05, 4.69) is 5.10 Å². The van der Waals surface area contributed by atoms with E-state index in [0.717, 1.165) is 10.6 Å². The van der Waals surface area contributed by atoms with Gasteiger partial charge in [-0.15, -0.1) is 11.3 Å². The number of para-hydroxylation sites is 1. The number of fused-ring (bicyclic) bond motifs is 1. The Kier molecular flexibility index (Phi) is 7.69. The summed E-state index contributed by atoms with van der Waals surface area (Å²) in [5.41, 5.74) is 2.76. The summed E-state index contributed by atoms with van der Waals surface area (Å²) in [5.74, 6) is -1.14. The van der Waals surface area contributed by atoms with E-state index >= 15 is 0 Å². The molecule has 0 unspecified atom stereocenters. The quantitative estimate of drug-likeness (QED) is 0.316. The highest BCUT2D eigenvalue weighted by Crippen LogP contribution is 2.31. The number of carbonyl (C=O) groups is 2. The molecule has 4 aromatic rings. The van der Waals surface area contributed by atoms with Gasteiger partial charge in [0.15, 0.2) is 12.3 Å². The van der Waals surface area contributed by atoms with E-state index in [1.54, 1.807) is 17.7 Å². The maximum absolute atomic E-state index is 13.3. The van der Waals surface area contributed by atoms with Crippen molar-refractivity contribution in [2.45, 2.75) is 19.8 Å². The summed E-state index contributed by atoms with van der Waals surface area (Å²) in [6.45, 7) is 1.63. The van der Waals surface area contributed by atoms with Crippen LogP contribution in [-0.4, -0.2) is 51.2 Å². The molecule has 1 aromatic carbocycles. The number of aryl methyl sites for hydroxylation is 1. The first-order chi connectivity index (χ1) is 17.5. The number of benzene rings is 1. The van der Waals surface area contributed by atoms with Crippen molar-refractivity contribution in [3.05, 3.63) is 65.2 Å². The SMILES string of the molecule is Cc1nn(-c2ccccc2)c2nc(-c3cccs3)cc(C(=O)OCC(=O)N(CCC#N)CCC#N)c12. The van der Waals surface area contributed by atoms with Crippen molar-refractivity contribution in [1.82, 2.24) is 19.7 Å². The van der Waals surface area contributed by atoms with Crippen LogP contribution in [-0.2, 0) is 9.53 Å². The second-order valence-electron chi connectivity index (χ2n) is 7.84. The molecule has 0 atom stereocenters. The van der Waals surface area contributed by atoms with Crippen molar-refractivity contribution >= 4 is 34.2 Å². The molecule has 1 amide bonds. The molecule has 9 nitrogen and oxygen atoms in total. The van der Waals surface area contributed by atoms with Crippen molar-refractivity contribution < 1.29 is 14.3 Å². The molecule has 3 heterocycles. The Morgan fingerprint density at radius 1 is 1.08 bits per heavy atom. The number of hydrogen-bond acceptors (Lipinski definition) is 8. The van der Waals surface area contributed by atoms with Crippen molar-refractivity contribution in [1.29, 1.82) is 10.5 Å². The predicted molar refractivity (Wildman–Crippen MR) is 134 cm³/mol. The third kappa shape index (κ3) is 5.24. The third-order valence-electron chi connectivity index (χ3n) is 5.47. The lowest BCUT2D eigenvalue weighted by Gasteiger charge is -2.20. The lowest BCUT2D eigenvalue weighted by molar-refractivity contribution is -0.134. The fourth-order valence-electron chi connectivity index (χ4n) is 3.78. The molecule has 0 N–H and O–H groups in total. The molecule has 0 saturated heterocycles. The van der Waals surface area contributed by atoms with Gasteiger partial charge in [0.1, 0.15) is 0 Å². The van der Waals surface area contributed by atoms with Crippen LogP contribution in [0.1, 0.15) is 28.9 Å². The van der Waals surface area contributed by atoms with Crippen LogP contribution in [0.5, 0.6) is 0 Å². The second kappa shape index (κ2) is 11.3. The van der Waals surface area contributed by atoms with Crippen LogP contribution in [0.15, 0.2) is 53.9 Å². The molecule has 0 saturated carbocycles. The first kappa shape index (κ1) is 24.6. The number of nitriles is 2. The van der Waals surface area contributed by atoms with Gasteiger partial charge >= 0.3 is 5.97 Å². The van der Waals surface area contributed by atoms with Gasteiger partial charge in [-0.25, -0.2) is 14.5 Å². The van der Waals surface area contributed by atoms with Gasteiger partial charge in [-0.2, -0.15) is 15.6 Å². The maximum atomic E-state index is 13.3. The molecule has 0 spiro atoms. The van der Waals surface area contributed by atoms with Gasteiger partial charge in [0.2, 0.25) is 0 Å². The zero-order valence-electron chi connectivity index (χ0n) is 19.5. The summed E-state index contributed by atoms with van der Waals surface area (Å²) in [6.07, 6.45) is 0.246. The first-order valence-electron chi connectivity index (χ1n) is 11.2. The third-order valence-corrected chi connectivity index (χ3v) is 6.37. The topological polar surface area (TPSA) is 125 Å². The van der Waals surface area contributed by atoms with Gasteiger partial charge in [0, 0.05) is 13.1 Å². The number of amides is 1. The summed E-state index contributed by atoms with van der Waals surface area (Å²) >= 11 is 1.49. The maximum Gasteiger partial charge on any atom is 0.339 e. The highest BCUT2D eigenvalue weighted by Gasteiger charge is 2.23. The summed E-state index contributed by atoms with van der Waals surface area (Å²) in [7, 11) is 0. The molecular formula is C26H22N6O3S. The average Bonchev–Trinajstić information content (AvgIpc) is 3.56. The molecule has 0 bridgehead atoms. The number of carbonyl (C=O) groups excluding carboxylic acids is 2. The molecule has 0 fully saturated rings. The van der Waals surface area contributed by atoms with E-state index < -0.39 is 18.5 Å². The van der Waals surface area contributed by atoms with Crippen molar-refractivity contribution in [2.75, 3.05) is 19.7 Å². The Bertz CT molecular complexity index is 1450. The predicted octanol–water partition coefficient (Wildman–Crippen LogP) is 4.27. The largest absolute Gasteiger partial charge is 0.452 e. The summed E-state index contributed by atoms with van der Waals surface area (Å²) in [6, 6.07) is 18.9. The molecule has 4 rings (SSSR count). The summed E-state index contributed by atoms with van der Waals surface area (Å²) in [5, 5.41) is 24.8. The number of aromatic nitrogens is 3. The molecular weight excluding hydrogens is 476 g/mol. The van der Waals surface area contributed by atoms with E-state index in [-0.39, 0.29) is 31.5 Å². The molecule has 180 valence electrons. The Morgan fingerprint density at radius 2 is 1.81 bits per heavy atom. The van der Waals surface area contributed by atoms with E-state index in [9.17, 15) is 9.59 Å². The minimum absolute atomic E-state index is 0.123. The normalized spacial score (nSPS) is 10.5. The fraction of sp³-hybridized carbons (Fsp3) is 0.231. The minimum atomic E-state index is -0.676. The number of thiophene rings is 1. The van der Waals surface area contributed by atoms with E-state index in [0.29, 0.717) is 22.4 Å². The Labute approximate surface area is 211 Å². The fourth-order valence-corrected chi connectivity index (χ4v) is 4.46. The first-order valence-corrected chi connectivity index (χ1v) is 12.1. The van der Waals surface area contributed by atoms with Crippen LogP contribution >= 0.6 is 11.3 Å². The lowest BCUT2D eigenvalue weighted by atomic mass is 10.1. The van der Waals surface area contributed by atoms with Gasteiger partial charge in [0.05, 0.1) is 57.9 Å². The van der Waals surface area contributed by atoms with Crippen LogP contribution in [0, 0.1) is 29.6 Å². The number of nitrogens with zero attached hydrogens (tertiary/aromatic N) is 6. The smallest absolute Gasteiger partial charge is 0.339 e. The molecule has 3 aromatic heterocycles. The molecule has 0 radical (unpaired) electrons. The molecule has 0 aliphatic rings. The molecule has 0 aliphatic carbocycles. The molecule has 0 aliphatic heterocycles. The van der Waals surface area contributed by atoms with Crippen LogP contribution in [0.25, 0.3) is 27.3 Å². The number of ether oxygens (including phenoxy) is 1.